The van der Waals surface area contributed by atoms with Gasteiger partial charge in [0.05, 0.1) is 7.11 Å². The number of benzene rings is 2. The number of nitrogens with one attached hydrogen (secondary N) is 1. The third-order valence-electron chi connectivity index (χ3n) is 3.44. The summed E-state index contributed by atoms with van der Waals surface area (Å²) in [6, 6.07) is 12.4. The van der Waals surface area contributed by atoms with Gasteiger partial charge in [0.2, 0.25) is 0 Å². The highest BCUT2D eigenvalue weighted by atomic mass is 16.5. The van der Waals surface area contributed by atoms with Crippen molar-refractivity contribution in [3.05, 3.63) is 53.6 Å². The predicted octanol–water partition coefficient (Wildman–Crippen LogP) is 2.37. The van der Waals surface area contributed by atoms with E-state index in [1.807, 2.05) is 31.2 Å². The number of ether oxygens (including phenoxy) is 2. The number of anilines is 1. The second-order valence-electron chi connectivity index (χ2n) is 5.09. The summed E-state index contributed by atoms with van der Waals surface area (Å²) in [7, 11) is 1.46. The molecule has 3 N–H and O–H groups in total. The quantitative estimate of drug-likeness (QED) is 0.816. The Labute approximate surface area is 140 Å². The van der Waals surface area contributed by atoms with E-state index >= 15 is 0 Å². The number of rotatable bonds is 7. The predicted molar refractivity (Wildman–Crippen MR) is 91.5 cm³/mol. The first-order chi connectivity index (χ1) is 11.5. The standard InChI is InChI=1S/C18H20N2O4/c1-3-12-6-4-5-7-14(12)20-18(22)13-8-9-15(16(10-13)23-2)24-11-17(19)21/h4-10H,3,11H2,1-2H3,(H2,19,21)(H,20,22). The van der Waals surface area contributed by atoms with E-state index in [1.165, 1.54) is 7.11 Å². The van der Waals surface area contributed by atoms with E-state index in [1.54, 1.807) is 18.2 Å². The van der Waals surface area contributed by atoms with E-state index in [0.717, 1.165) is 17.7 Å². The van der Waals surface area contributed by atoms with Crippen LogP contribution in [-0.4, -0.2) is 25.5 Å². The molecule has 0 heterocycles. The zero-order chi connectivity index (χ0) is 17.5. The smallest absolute Gasteiger partial charge is 0.255 e. The first kappa shape index (κ1) is 17.3. The average molecular weight is 328 g/mol. The van der Waals surface area contributed by atoms with Gasteiger partial charge >= 0.3 is 0 Å². The zero-order valence-electron chi connectivity index (χ0n) is 13.7. The molecule has 0 aliphatic carbocycles. The van der Waals surface area contributed by atoms with E-state index in [2.05, 4.69) is 5.32 Å². The fourth-order valence-corrected chi connectivity index (χ4v) is 2.22. The molecular weight excluding hydrogens is 308 g/mol. The molecule has 24 heavy (non-hydrogen) atoms. The number of para-hydroxylation sites is 1. The van der Waals surface area contributed by atoms with Gasteiger partial charge in [0, 0.05) is 11.3 Å². The Kier molecular flexibility index (Phi) is 5.78. The first-order valence-corrected chi connectivity index (χ1v) is 7.53. The molecule has 2 amide bonds. The van der Waals surface area contributed by atoms with Crippen LogP contribution in [0.5, 0.6) is 11.5 Å². The maximum Gasteiger partial charge on any atom is 0.255 e. The highest BCUT2D eigenvalue weighted by Crippen LogP contribution is 2.28. The SMILES string of the molecule is CCc1ccccc1NC(=O)c1ccc(OCC(N)=O)c(OC)c1. The van der Waals surface area contributed by atoms with Crippen molar-refractivity contribution in [1.82, 2.24) is 0 Å². The summed E-state index contributed by atoms with van der Waals surface area (Å²) in [5.74, 6) is -0.139. The maximum absolute atomic E-state index is 12.4. The van der Waals surface area contributed by atoms with Crippen LogP contribution in [0.25, 0.3) is 0 Å². The second kappa shape index (κ2) is 8.01. The first-order valence-electron chi connectivity index (χ1n) is 7.53. The van der Waals surface area contributed by atoms with Gasteiger partial charge in [-0.3, -0.25) is 9.59 Å². The number of carbonyl (C=O) groups excluding carboxylic acids is 2. The summed E-state index contributed by atoms with van der Waals surface area (Å²) < 4.78 is 10.5. The van der Waals surface area contributed by atoms with Gasteiger partial charge in [-0.05, 0) is 36.2 Å². The molecule has 0 radical (unpaired) electrons. The van der Waals surface area contributed by atoms with Gasteiger partial charge < -0.3 is 20.5 Å². The molecular formula is C18H20N2O4. The molecule has 0 unspecified atom stereocenters. The van der Waals surface area contributed by atoms with Crippen molar-refractivity contribution in [2.45, 2.75) is 13.3 Å². The summed E-state index contributed by atoms with van der Waals surface area (Å²) in [5, 5.41) is 2.89. The second-order valence-corrected chi connectivity index (χ2v) is 5.09. The molecule has 0 saturated heterocycles. The minimum Gasteiger partial charge on any atom is -0.493 e. The van der Waals surface area contributed by atoms with Crippen LogP contribution in [0, 0.1) is 0 Å². The minimum atomic E-state index is -0.588. The van der Waals surface area contributed by atoms with E-state index in [0.29, 0.717) is 17.1 Å². The summed E-state index contributed by atoms with van der Waals surface area (Å²) in [4.78, 5) is 23.2. The van der Waals surface area contributed by atoms with Gasteiger partial charge in [0.15, 0.2) is 18.1 Å². The molecule has 2 aromatic carbocycles. The number of amides is 2. The van der Waals surface area contributed by atoms with Crippen LogP contribution in [0.1, 0.15) is 22.8 Å². The number of hydrogen-bond acceptors (Lipinski definition) is 4. The molecule has 0 atom stereocenters. The van der Waals surface area contributed by atoms with Crippen molar-refractivity contribution in [2.75, 3.05) is 19.0 Å². The lowest BCUT2D eigenvalue weighted by molar-refractivity contribution is -0.119. The molecule has 2 aromatic rings. The van der Waals surface area contributed by atoms with E-state index in [4.69, 9.17) is 15.2 Å². The van der Waals surface area contributed by atoms with Crippen molar-refractivity contribution >= 4 is 17.5 Å². The third-order valence-corrected chi connectivity index (χ3v) is 3.44. The van der Waals surface area contributed by atoms with Crippen molar-refractivity contribution in [3.63, 3.8) is 0 Å². The van der Waals surface area contributed by atoms with Crippen LogP contribution in [0.3, 0.4) is 0 Å². The number of nitrogens with two attached hydrogens (primary N) is 1. The van der Waals surface area contributed by atoms with Crippen LogP contribution >= 0.6 is 0 Å². The Bertz CT molecular complexity index is 744. The molecule has 0 fully saturated rings. The Morgan fingerprint density at radius 3 is 2.54 bits per heavy atom. The van der Waals surface area contributed by atoms with Gasteiger partial charge in [-0.1, -0.05) is 25.1 Å². The van der Waals surface area contributed by atoms with Crippen molar-refractivity contribution in [2.24, 2.45) is 5.73 Å². The molecule has 0 aromatic heterocycles. The molecule has 0 saturated carbocycles. The van der Waals surface area contributed by atoms with E-state index in [9.17, 15) is 9.59 Å². The van der Waals surface area contributed by atoms with Crippen molar-refractivity contribution < 1.29 is 19.1 Å². The normalized spacial score (nSPS) is 10.1. The molecule has 126 valence electrons. The Hall–Kier alpha value is -3.02. The molecule has 0 bridgehead atoms. The highest BCUT2D eigenvalue weighted by molar-refractivity contribution is 6.05. The lowest BCUT2D eigenvalue weighted by Crippen LogP contribution is -2.20. The Morgan fingerprint density at radius 1 is 1.12 bits per heavy atom. The number of methoxy groups -OCH3 is 1. The summed E-state index contributed by atoms with van der Waals surface area (Å²) >= 11 is 0. The van der Waals surface area contributed by atoms with E-state index in [-0.39, 0.29) is 12.5 Å². The highest BCUT2D eigenvalue weighted by Gasteiger charge is 2.13. The summed E-state index contributed by atoms with van der Waals surface area (Å²) in [6.45, 7) is 1.77. The topological polar surface area (TPSA) is 90.6 Å². The average Bonchev–Trinajstić information content (AvgIpc) is 2.60. The zero-order valence-corrected chi connectivity index (χ0v) is 13.7. The largest absolute Gasteiger partial charge is 0.493 e. The Balaban J connectivity index is 2.19. The maximum atomic E-state index is 12.4. The number of carbonyl (C=O) groups is 2. The molecule has 0 aliphatic rings. The molecule has 2 rings (SSSR count). The molecule has 0 aliphatic heterocycles. The molecule has 0 spiro atoms. The van der Waals surface area contributed by atoms with E-state index < -0.39 is 5.91 Å². The number of aryl methyl sites for hydroxylation is 1. The third kappa shape index (κ3) is 4.25. The van der Waals surface area contributed by atoms with Crippen LogP contribution in [0.2, 0.25) is 0 Å². The lowest BCUT2D eigenvalue weighted by Gasteiger charge is -2.12. The van der Waals surface area contributed by atoms with Crippen LogP contribution in [-0.2, 0) is 11.2 Å². The number of primary amides is 1. The van der Waals surface area contributed by atoms with Crippen molar-refractivity contribution in [1.29, 1.82) is 0 Å². The van der Waals surface area contributed by atoms with Gasteiger partial charge in [-0.25, -0.2) is 0 Å². The van der Waals surface area contributed by atoms with Gasteiger partial charge in [0.25, 0.3) is 11.8 Å². The van der Waals surface area contributed by atoms with Gasteiger partial charge in [0.1, 0.15) is 0 Å². The summed E-state index contributed by atoms with van der Waals surface area (Å²) in [6.07, 6.45) is 0.819. The van der Waals surface area contributed by atoms with Crippen molar-refractivity contribution in [3.8, 4) is 11.5 Å². The number of hydrogen-bond donors (Lipinski definition) is 2. The lowest BCUT2D eigenvalue weighted by atomic mass is 10.1. The Morgan fingerprint density at radius 2 is 1.88 bits per heavy atom. The fourth-order valence-electron chi connectivity index (χ4n) is 2.22. The molecule has 6 heteroatoms. The minimum absolute atomic E-state index is 0.254. The van der Waals surface area contributed by atoms with Crippen LogP contribution in [0.15, 0.2) is 42.5 Å². The van der Waals surface area contributed by atoms with Gasteiger partial charge in [-0.2, -0.15) is 0 Å². The van der Waals surface area contributed by atoms with Gasteiger partial charge in [-0.15, -0.1) is 0 Å². The molecule has 6 nitrogen and oxygen atoms in total. The van der Waals surface area contributed by atoms with Crippen LogP contribution < -0.4 is 20.5 Å². The monoisotopic (exact) mass is 328 g/mol. The summed E-state index contributed by atoms with van der Waals surface area (Å²) in [5.41, 5.74) is 7.31. The van der Waals surface area contributed by atoms with Crippen LogP contribution in [0.4, 0.5) is 5.69 Å². The fraction of sp³-hybridized carbons (Fsp3) is 0.222.